The minimum Gasteiger partial charge on any atom is -0.338 e. The van der Waals surface area contributed by atoms with Crippen molar-refractivity contribution in [3.05, 3.63) is 41.5 Å². The molecule has 0 saturated carbocycles. The second-order valence-electron chi connectivity index (χ2n) is 9.71. The fourth-order valence-electron chi connectivity index (χ4n) is 4.28. The maximum atomic E-state index is 12.4. The molecule has 188 valence electrons. The molecule has 3 heteroatoms. The number of rotatable bonds is 19. The molecule has 0 saturated heterocycles. The average molecular weight is 457 g/mol. The summed E-state index contributed by atoms with van der Waals surface area (Å²) < 4.78 is 0. The normalized spacial score (nSPS) is 11.4. The fourth-order valence-corrected chi connectivity index (χ4v) is 4.28. The van der Waals surface area contributed by atoms with Gasteiger partial charge >= 0.3 is 6.03 Å². The number of amides is 2. The molecule has 2 amide bonds. The molecule has 0 bridgehead atoms. The number of allylic oxidation sites excluding steroid dienone is 2. The third kappa shape index (κ3) is 14.2. The van der Waals surface area contributed by atoms with Gasteiger partial charge in [0.15, 0.2) is 0 Å². The summed E-state index contributed by atoms with van der Waals surface area (Å²) in [4.78, 5) is 12.4. The predicted molar refractivity (Wildman–Crippen MR) is 146 cm³/mol. The van der Waals surface area contributed by atoms with Gasteiger partial charge in [-0.2, -0.15) is 0 Å². The number of unbranched alkanes of at least 4 members (excludes halogenated alkanes) is 12. The molecule has 0 aliphatic carbocycles. The molecule has 0 fully saturated rings. The van der Waals surface area contributed by atoms with E-state index in [2.05, 4.69) is 68.7 Å². The Balaban J connectivity index is 2.02. The van der Waals surface area contributed by atoms with Crippen LogP contribution < -0.4 is 10.6 Å². The third-order valence-corrected chi connectivity index (χ3v) is 6.40. The predicted octanol–water partition coefficient (Wildman–Crippen LogP) is 9.53. The van der Waals surface area contributed by atoms with Gasteiger partial charge in [-0.15, -0.1) is 0 Å². The summed E-state index contributed by atoms with van der Waals surface area (Å²) >= 11 is 0. The third-order valence-electron chi connectivity index (χ3n) is 6.40. The number of hydrogen-bond donors (Lipinski definition) is 2. The zero-order valence-corrected chi connectivity index (χ0v) is 22.2. The molecule has 0 aromatic heterocycles. The number of para-hydroxylation sites is 1. The zero-order valence-electron chi connectivity index (χ0n) is 22.2. The van der Waals surface area contributed by atoms with Crippen LogP contribution in [0.2, 0.25) is 0 Å². The Morgan fingerprint density at radius 3 is 1.97 bits per heavy atom. The molecule has 0 aliphatic rings. The van der Waals surface area contributed by atoms with E-state index in [4.69, 9.17) is 0 Å². The Bertz CT molecular complexity index is 651. The van der Waals surface area contributed by atoms with Crippen molar-refractivity contribution >= 4 is 11.7 Å². The first-order chi connectivity index (χ1) is 16.1. The number of carbonyl (C=O) groups is 1. The summed E-state index contributed by atoms with van der Waals surface area (Å²) in [6.45, 7) is 9.50. The summed E-state index contributed by atoms with van der Waals surface area (Å²) in [5, 5.41) is 6.15. The number of benzene rings is 1. The van der Waals surface area contributed by atoms with Crippen LogP contribution in [0.3, 0.4) is 0 Å². The molecule has 1 aromatic rings. The van der Waals surface area contributed by atoms with Crippen molar-refractivity contribution in [2.24, 2.45) is 0 Å². The molecule has 0 heterocycles. The summed E-state index contributed by atoms with van der Waals surface area (Å²) in [7, 11) is 0. The van der Waals surface area contributed by atoms with E-state index in [0.717, 1.165) is 25.1 Å². The van der Waals surface area contributed by atoms with Crippen LogP contribution in [0.1, 0.15) is 135 Å². The Morgan fingerprint density at radius 2 is 1.39 bits per heavy atom. The van der Waals surface area contributed by atoms with Gasteiger partial charge in [0.2, 0.25) is 0 Å². The van der Waals surface area contributed by atoms with Gasteiger partial charge in [0.25, 0.3) is 0 Å². The minimum absolute atomic E-state index is 0.0782. The number of nitrogens with one attached hydrogen (secondary N) is 2. The lowest BCUT2D eigenvalue weighted by Gasteiger charge is -2.18. The first-order valence-electron chi connectivity index (χ1n) is 13.9. The lowest BCUT2D eigenvalue weighted by molar-refractivity contribution is 0.252. The molecule has 1 rings (SSSR count). The Labute approximate surface area is 205 Å². The number of anilines is 1. The molecule has 0 atom stereocenters. The summed E-state index contributed by atoms with van der Waals surface area (Å²) in [6.07, 6.45) is 23.9. The van der Waals surface area contributed by atoms with E-state index < -0.39 is 0 Å². The molecule has 2 N–H and O–H groups in total. The standard InChI is InChI=1S/C30H52N2O/c1-5-7-8-9-10-11-12-13-14-15-16-17-18-19-20-21-25-31-30(33)32-29-27(6-2)23-22-24-28(29)26(3)4/h13-14,22-24,26H,5-12,15-21,25H2,1-4H3,(H2,31,32,33)/b14-13-. The Kier molecular flexibility index (Phi) is 17.4. The monoisotopic (exact) mass is 456 g/mol. The fraction of sp³-hybridized carbons (Fsp3) is 0.700. The average Bonchev–Trinajstić information content (AvgIpc) is 2.81. The van der Waals surface area contributed by atoms with Crippen molar-refractivity contribution < 1.29 is 4.79 Å². The molecule has 0 spiro atoms. The van der Waals surface area contributed by atoms with Crippen LogP contribution in [0, 0.1) is 0 Å². The number of hydrogen-bond acceptors (Lipinski definition) is 1. The zero-order chi connectivity index (χ0) is 24.2. The molecule has 1 aromatic carbocycles. The second-order valence-corrected chi connectivity index (χ2v) is 9.71. The van der Waals surface area contributed by atoms with E-state index in [1.165, 1.54) is 94.6 Å². The van der Waals surface area contributed by atoms with Gasteiger partial charge in [-0.05, 0) is 55.6 Å². The lowest BCUT2D eigenvalue weighted by Crippen LogP contribution is -2.30. The molecule has 3 nitrogen and oxygen atoms in total. The summed E-state index contributed by atoms with van der Waals surface area (Å²) in [5.41, 5.74) is 3.41. The molecule has 0 radical (unpaired) electrons. The van der Waals surface area contributed by atoms with Crippen LogP contribution in [-0.2, 0) is 6.42 Å². The van der Waals surface area contributed by atoms with Crippen LogP contribution in [-0.4, -0.2) is 12.6 Å². The van der Waals surface area contributed by atoms with Gasteiger partial charge in [-0.25, -0.2) is 4.79 Å². The minimum atomic E-state index is -0.0782. The number of urea groups is 1. The molecular weight excluding hydrogens is 404 g/mol. The van der Waals surface area contributed by atoms with Crippen molar-refractivity contribution in [2.75, 3.05) is 11.9 Å². The van der Waals surface area contributed by atoms with Gasteiger partial charge in [0, 0.05) is 12.2 Å². The quantitative estimate of drug-likeness (QED) is 0.158. The van der Waals surface area contributed by atoms with Crippen LogP contribution in [0.15, 0.2) is 30.4 Å². The van der Waals surface area contributed by atoms with Crippen molar-refractivity contribution in [1.29, 1.82) is 0 Å². The maximum Gasteiger partial charge on any atom is 0.319 e. The maximum absolute atomic E-state index is 12.4. The summed E-state index contributed by atoms with van der Waals surface area (Å²) in [5.74, 6) is 0.391. The Morgan fingerprint density at radius 1 is 0.818 bits per heavy atom. The molecule has 33 heavy (non-hydrogen) atoms. The number of carbonyl (C=O) groups excluding carboxylic acids is 1. The first-order valence-corrected chi connectivity index (χ1v) is 13.9. The highest BCUT2D eigenvalue weighted by molar-refractivity contribution is 5.91. The van der Waals surface area contributed by atoms with E-state index in [1.54, 1.807) is 0 Å². The highest BCUT2D eigenvalue weighted by atomic mass is 16.2. The van der Waals surface area contributed by atoms with Crippen molar-refractivity contribution in [3.8, 4) is 0 Å². The van der Waals surface area contributed by atoms with E-state index in [-0.39, 0.29) is 6.03 Å². The SMILES string of the molecule is CCCCCCCC/C=C\CCCCCCCCNC(=O)Nc1c(CC)cccc1C(C)C. The van der Waals surface area contributed by atoms with Crippen LogP contribution in [0.25, 0.3) is 0 Å². The van der Waals surface area contributed by atoms with Gasteiger partial charge < -0.3 is 10.6 Å². The largest absolute Gasteiger partial charge is 0.338 e. The van der Waals surface area contributed by atoms with Gasteiger partial charge in [-0.3, -0.25) is 0 Å². The van der Waals surface area contributed by atoms with Crippen molar-refractivity contribution in [3.63, 3.8) is 0 Å². The van der Waals surface area contributed by atoms with E-state index >= 15 is 0 Å². The smallest absolute Gasteiger partial charge is 0.319 e. The van der Waals surface area contributed by atoms with Gasteiger partial charge in [0.05, 0.1) is 0 Å². The van der Waals surface area contributed by atoms with Crippen LogP contribution in [0.4, 0.5) is 10.5 Å². The molecular formula is C30H52N2O. The van der Waals surface area contributed by atoms with Crippen molar-refractivity contribution in [2.45, 2.75) is 130 Å². The molecule has 0 unspecified atom stereocenters. The van der Waals surface area contributed by atoms with Crippen LogP contribution in [0.5, 0.6) is 0 Å². The van der Waals surface area contributed by atoms with Crippen LogP contribution >= 0.6 is 0 Å². The summed E-state index contributed by atoms with van der Waals surface area (Å²) in [6, 6.07) is 6.23. The van der Waals surface area contributed by atoms with E-state index in [9.17, 15) is 4.79 Å². The van der Waals surface area contributed by atoms with Gasteiger partial charge in [-0.1, -0.05) is 116 Å². The lowest BCUT2D eigenvalue weighted by atomic mass is 9.96. The van der Waals surface area contributed by atoms with Crippen molar-refractivity contribution in [1.82, 2.24) is 5.32 Å². The highest BCUT2D eigenvalue weighted by Gasteiger charge is 2.12. The molecule has 0 aliphatic heterocycles. The van der Waals surface area contributed by atoms with E-state index in [0.29, 0.717) is 5.92 Å². The Hall–Kier alpha value is -1.77. The topological polar surface area (TPSA) is 41.1 Å². The second kappa shape index (κ2) is 19.7. The number of aryl methyl sites for hydroxylation is 1. The van der Waals surface area contributed by atoms with Gasteiger partial charge in [0.1, 0.15) is 0 Å². The highest BCUT2D eigenvalue weighted by Crippen LogP contribution is 2.28. The first kappa shape index (κ1) is 29.3. The van der Waals surface area contributed by atoms with E-state index in [1.807, 2.05) is 0 Å².